The maximum atomic E-state index is 10.9. The number of nitrogens with two attached hydrogens (primary N) is 1. The van der Waals surface area contributed by atoms with E-state index in [0.717, 1.165) is 0 Å². The van der Waals surface area contributed by atoms with Gasteiger partial charge >= 0.3 is 0 Å². The van der Waals surface area contributed by atoms with Crippen LogP contribution in [0.3, 0.4) is 0 Å². The number of H-pyrrole nitrogens is 1. The van der Waals surface area contributed by atoms with Crippen LogP contribution in [0.25, 0.3) is 0 Å². The minimum Gasteiger partial charge on any atom is -0.359 e. The summed E-state index contributed by atoms with van der Waals surface area (Å²) in [4.78, 5) is 24.2. The lowest BCUT2D eigenvalue weighted by Gasteiger charge is -1.94. The molecular formula is C7H8N2O2. The highest BCUT2D eigenvalue weighted by Gasteiger charge is 2.01. The third-order valence-corrected chi connectivity index (χ3v) is 1.26. The Kier molecular flexibility index (Phi) is 2.18. The van der Waals surface area contributed by atoms with E-state index in [4.69, 9.17) is 5.73 Å². The molecule has 0 aromatic carbocycles. The van der Waals surface area contributed by atoms with Gasteiger partial charge in [-0.25, -0.2) is 0 Å². The van der Waals surface area contributed by atoms with Crippen molar-refractivity contribution in [2.24, 2.45) is 5.73 Å². The fraction of sp³-hybridized carbons (Fsp3) is 0.143. The van der Waals surface area contributed by atoms with Crippen LogP contribution in [0.15, 0.2) is 23.1 Å². The summed E-state index contributed by atoms with van der Waals surface area (Å²) in [6, 6.07) is 2.57. The summed E-state index contributed by atoms with van der Waals surface area (Å²) in [6.45, 7) is -0.0834. The van der Waals surface area contributed by atoms with Gasteiger partial charge in [0.25, 0.3) is 0 Å². The monoisotopic (exact) mass is 152 g/mol. The summed E-state index contributed by atoms with van der Waals surface area (Å²) < 4.78 is 0. The van der Waals surface area contributed by atoms with Gasteiger partial charge in [-0.15, -0.1) is 0 Å². The van der Waals surface area contributed by atoms with Gasteiger partial charge < -0.3 is 10.7 Å². The van der Waals surface area contributed by atoms with Crippen molar-refractivity contribution in [2.45, 2.75) is 0 Å². The molecule has 1 heterocycles. The quantitative estimate of drug-likeness (QED) is 0.562. The van der Waals surface area contributed by atoms with Crippen molar-refractivity contribution >= 4 is 5.78 Å². The summed E-state index contributed by atoms with van der Waals surface area (Å²) in [5.41, 5.74) is 5.15. The van der Waals surface area contributed by atoms with Crippen LogP contribution in [0.2, 0.25) is 0 Å². The van der Waals surface area contributed by atoms with Crippen molar-refractivity contribution in [1.82, 2.24) is 4.98 Å². The van der Waals surface area contributed by atoms with E-state index in [-0.39, 0.29) is 23.5 Å². The molecule has 0 amide bonds. The minimum absolute atomic E-state index is 0.0834. The van der Waals surface area contributed by atoms with Gasteiger partial charge in [0.1, 0.15) is 0 Å². The SMILES string of the molecule is NCC(=O)c1cc(=O)cc[nH]1. The van der Waals surface area contributed by atoms with Gasteiger partial charge in [-0.3, -0.25) is 9.59 Å². The largest absolute Gasteiger partial charge is 0.359 e. The summed E-state index contributed by atoms with van der Waals surface area (Å²) in [5, 5.41) is 0. The van der Waals surface area contributed by atoms with Gasteiger partial charge in [-0.1, -0.05) is 0 Å². The Labute approximate surface area is 63.0 Å². The smallest absolute Gasteiger partial charge is 0.192 e. The number of nitrogens with one attached hydrogen (secondary N) is 1. The summed E-state index contributed by atoms with van der Waals surface area (Å²) >= 11 is 0. The molecule has 0 aliphatic rings. The third kappa shape index (κ3) is 1.75. The van der Waals surface area contributed by atoms with Crippen molar-refractivity contribution in [2.75, 3.05) is 6.54 Å². The number of ketones is 1. The van der Waals surface area contributed by atoms with Crippen LogP contribution in [0.4, 0.5) is 0 Å². The van der Waals surface area contributed by atoms with Gasteiger partial charge in [0, 0.05) is 18.3 Å². The molecule has 3 N–H and O–H groups in total. The summed E-state index contributed by atoms with van der Waals surface area (Å²) in [7, 11) is 0. The zero-order valence-corrected chi connectivity index (χ0v) is 5.83. The first kappa shape index (κ1) is 7.68. The molecule has 1 rings (SSSR count). The number of pyridine rings is 1. The molecule has 11 heavy (non-hydrogen) atoms. The molecule has 1 aromatic heterocycles. The number of rotatable bonds is 2. The van der Waals surface area contributed by atoms with E-state index < -0.39 is 0 Å². The lowest BCUT2D eigenvalue weighted by atomic mass is 10.2. The summed E-state index contributed by atoms with van der Waals surface area (Å²) in [5.74, 6) is -0.261. The predicted molar refractivity (Wildman–Crippen MR) is 40.4 cm³/mol. The Balaban J connectivity index is 3.05. The van der Waals surface area contributed by atoms with Crippen LogP contribution < -0.4 is 11.2 Å². The standard InChI is InChI=1S/C7H8N2O2/c8-4-7(11)6-3-5(10)1-2-9-6/h1-3H,4,8H2,(H,9,10). The lowest BCUT2D eigenvalue weighted by molar-refractivity contribution is 0.0996. The van der Waals surface area contributed by atoms with Gasteiger partial charge in [-0.2, -0.15) is 0 Å². The van der Waals surface area contributed by atoms with E-state index in [1.165, 1.54) is 18.3 Å². The zero-order chi connectivity index (χ0) is 8.27. The molecule has 1 aromatic rings. The number of Topliss-reactive ketones (excluding diaryl/α,β-unsaturated/α-hetero) is 1. The van der Waals surface area contributed by atoms with E-state index in [1.54, 1.807) is 0 Å². The van der Waals surface area contributed by atoms with Crippen LogP contribution in [0, 0.1) is 0 Å². The fourth-order valence-electron chi connectivity index (χ4n) is 0.717. The van der Waals surface area contributed by atoms with Crippen LogP contribution in [-0.4, -0.2) is 17.3 Å². The van der Waals surface area contributed by atoms with Crippen molar-refractivity contribution < 1.29 is 4.79 Å². The average molecular weight is 152 g/mol. The van der Waals surface area contributed by atoms with E-state index >= 15 is 0 Å². The topological polar surface area (TPSA) is 76.0 Å². The Morgan fingerprint density at radius 2 is 2.36 bits per heavy atom. The number of aromatic amines is 1. The maximum absolute atomic E-state index is 10.9. The highest BCUT2D eigenvalue weighted by molar-refractivity contribution is 5.95. The van der Waals surface area contributed by atoms with Crippen LogP contribution in [0.1, 0.15) is 10.5 Å². The fourth-order valence-corrected chi connectivity index (χ4v) is 0.717. The first-order valence-corrected chi connectivity index (χ1v) is 3.16. The van der Waals surface area contributed by atoms with Gasteiger partial charge in [0.15, 0.2) is 11.2 Å². The normalized spacial score (nSPS) is 9.55. The first-order valence-electron chi connectivity index (χ1n) is 3.16. The van der Waals surface area contributed by atoms with Crippen molar-refractivity contribution in [3.05, 3.63) is 34.2 Å². The molecule has 0 fully saturated rings. The van der Waals surface area contributed by atoms with Crippen LogP contribution in [-0.2, 0) is 0 Å². The van der Waals surface area contributed by atoms with Crippen LogP contribution >= 0.6 is 0 Å². The predicted octanol–water partition coefficient (Wildman–Crippen LogP) is -0.484. The molecular weight excluding hydrogens is 144 g/mol. The molecule has 0 radical (unpaired) electrons. The van der Waals surface area contributed by atoms with Crippen LogP contribution in [0.5, 0.6) is 0 Å². The van der Waals surface area contributed by atoms with E-state index in [0.29, 0.717) is 0 Å². The molecule has 0 aliphatic heterocycles. The summed E-state index contributed by atoms with van der Waals surface area (Å²) in [6.07, 6.45) is 1.42. The Morgan fingerprint density at radius 3 is 2.91 bits per heavy atom. The molecule has 0 unspecified atom stereocenters. The van der Waals surface area contributed by atoms with Crippen molar-refractivity contribution in [3.63, 3.8) is 0 Å². The number of carbonyl (C=O) groups excluding carboxylic acids is 1. The van der Waals surface area contributed by atoms with Crippen molar-refractivity contribution in [3.8, 4) is 0 Å². The van der Waals surface area contributed by atoms with Gasteiger partial charge in [0.2, 0.25) is 0 Å². The molecule has 0 bridgehead atoms. The molecule has 4 nitrogen and oxygen atoms in total. The highest BCUT2D eigenvalue weighted by atomic mass is 16.1. The second-order valence-electron chi connectivity index (χ2n) is 2.07. The van der Waals surface area contributed by atoms with E-state index in [2.05, 4.69) is 4.98 Å². The zero-order valence-electron chi connectivity index (χ0n) is 5.83. The molecule has 0 aliphatic carbocycles. The Hall–Kier alpha value is -1.42. The third-order valence-electron chi connectivity index (χ3n) is 1.26. The number of aromatic nitrogens is 1. The number of hydrogen-bond acceptors (Lipinski definition) is 3. The molecule has 0 atom stereocenters. The van der Waals surface area contributed by atoms with Gasteiger partial charge in [0.05, 0.1) is 12.2 Å². The molecule has 0 saturated heterocycles. The molecule has 4 heteroatoms. The lowest BCUT2D eigenvalue weighted by Crippen LogP contribution is -2.16. The maximum Gasteiger partial charge on any atom is 0.192 e. The van der Waals surface area contributed by atoms with Crippen molar-refractivity contribution in [1.29, 1.82) is 0 Å². The molecule has 58 valence electrons. The van der Waals surface area contributed by atoms with E-state index in [9.17, 15) is 9.59 Å². The average Bonchev–Trinajstić information content (AvgIpc) is 2.03. The number of carbonyl (C=O) groups is 1. The first-order chi connectivity index (χ1) is 5.24. The number of hydrogen-bond donors (Lipinski definition) is 2. The Bertz CT molecular complexity index is 316. The highest BCUT2D eigenvalue weighted by Crippen LogP contribution is 1.88. The second kappa shape index (κ2) is 3.12. The molecule has 0 saturated carbocycles. The minimum atomic E-state index is -0.261. The second-order valence-corrected chi connectivity index (χ2v) is 2.07. The van der Waals surface area contributed by atoms with E-state index in [1.807, 2.05) is 0 Å². The Morgan fingerprint density at radius 1 is 1.64 bits per heavy atom. The molecule has 0 spiro atoms. The van der Waals surface area contributed by atoms with Gasteiger partial charge in [-0.05, 0) is 0 Å².